The van der Waals surface area contributed by atoms with E-state index in [1.165, 1.54) is 24.7 Å². The van der Waals surface area contributed by atoms with Crippen LogP contribution in [-0.2, 0) is 27.2 Å². The molecule has 0 saturated heterocycles. The third-order valence-corrected chi connectivity index (χ3v) is 5.67. The first-order valence-corrected chi connectivity index (χ1v) is 9.86. The molecule has 0 saturated carbocycles. The molecule has 2 amide bonds. The van der Waals surface area contributed by atoms with Crippen molar-refractivity contribution >= 4 is 40.3 Å². The number of fused-ring (bicyclic) bond motifs is 1. The summed E-state index contributed by atoms with van der Waals surface area (Å²) in [7, 11) is 2.84. The number of amides is 2. The van der Waals surface area contributed by atoms with Crippen LogP contribution in [0.25, 0.3) is 0 Å². The number of aryl methyl sites for hydroxylation is 1. The van der Waals surface area contributed by atoms with Gasteiger partial charge in [-0.1, -0.05) is 12.1 Å². The fourth-order valence-corrected chi connectivity index (χ4v) is 4.34. The van der Waals surface area contributed by atoms with E-state index < -0.39 is 17.8 Å². The number of carbonyl (C=O) groups excluding carboxylic acids is 3. The molecule has 0 aliphatic heterocycles. The van der Waals surface area contributed by atoms with Crippen LogP contribution in [0.3, 0.4) is 0 Å². The lowest BCUT2D eigenvalue weighted by Gasteiger charge is -2.11. The number of hydrazone groups is 1. The maximum atomic E-state index is 12.3. The first-order chi connectivity index (χ1) is 14.0. The van der Waals surface area contributed by atoms with Crippen LogP contribution in [0.4, 0.5) is 5.00 Å². The zero-order valence-corrected chi connectivity index (χ0v) is 16.9. The van der Waals surface area contributed by atoms with Crippen molar-refractivity contribution < 1.29 is 23.9 Å². The number of hydrogen-bond donors (Lipinski definition) is 2. The Bertz CT molecular complexity index is 967. The number of ether oxygens (including phenoxy) is 2. The summed E-state index contributed by atoms with van der Waals surface area (Å²) in [5, 5.41) is 6.65. The second kappa shape index (κ2) is 9.33. The lowest BCUT2D eigenvalue weighted by molar-refractivity contribution is -0.136. The highest BCUT2D eigenvalue weighted by Crippen LogP contribution is 2.38. The quantitative estimate of drug-likeness (QED) is 0.338. The third-order valence-electron chi connectivity index (χ3n) is 4.47. The maximum absolute atomic E-state index is 12.3. The van der Waals surface area contributed by atoms with Gasteiger partial charge in [-0.3, -0.25) is 9.59 Å². The number of rotatable bonds is 5. The van der Waals surface area contributed by atoms with Crippen molar-refractivity contribution in [3.63, 3.8) is 0 Å². The smallest absolute Gasteiger partial charge is 0.341 e. The van der Waals surface area contributed by atoms with E-state index in [4.69, 9.17) is 9.47 Å². The summed E-state index contributed by atoms with van der Waals surface area (Å²) >= 11 is 1.31. The number of methoxy groups -OCH3 is 2. The number of benzene rings is 1. The summed E-state index contributed by atoms with van der Waals surface area (Å²) < 4.78 is 9.97. The van der Waals surface area contributed by atoms with Crippen LogP contribution in [-0.4, -0.2) is 38.2 Å². The minimum atomic E-state index is -0.939. The number of carbonyl (C=O) groups is 3. The number of esters is 1. The summed E-state index contributed by atoms with van der Waals surface area (Å²) in [6.45, 7) is 0. The topological polar surface area (TPSA) is 106 Å². The largest absolute Gasteiger partial charge is 0.497 e. The van der Waals surface area contributed by atoms with Gasteiger partial charge in [0.15, 0.2) is 0 Å². The summed E-state index contributed by atoms with van der Waals surface area (Å²) in [6, 6.07) is 7.07. The normalized spacial score (nSPS) is 12.9. The molecular formula is C20H21N3O5S. The van der Waals surface area contributed by atoms with Crippen molar-refractivity contribution in [2.45, 2.75) is 25.7 Å². The minimum absolute atomic E-state index is 0.334. The van der Waals surface area contributed by atoms with Gasteiger partial charge < -0.3 is 14.8 Å². The van der Waals surface area contributed by atoms with Crippen molar-refractivity contribution in [2.24, 2.45) is 5.10 Å². The fourth-order valence-electron chi connectivity index (χ4n) is 3.07. The van der Waals surface area contributed by atoms with Crippen LogP contribution >= 0.6 is 11.3 Å². The molecule has 152 valence electrons. The summed E-state index contributed by atoms with van der Waals surface area (Å²) in [6.07, 6.45) is 5.00. The molecule has 0 atom stereocenters. The average Bonchev–Trinajstić information content (AvgIpc) is 3.11. The van der Waals surface area contributed by atoms with Gasteiger partial charge in [0, 0.05) is 4.88 Å². The van der Waals surface area contributed by atoms with Crippen LogP contribution in [0, 0.1) is 0 Å². The summed E-state index contributed by atoms with van der Waals surface area (Å²) in [5.74, 6) is -1.71. The number of anilines is 1. The first-order valence-electron chi connectivity index (χ1n) is 9.04. The Kier molecular flexibility index (Phi) is 6.61. The number of nitrogens with one attached hydrogen (secondary N) is 2. The van der Waals surface area contributed by atoms with Crippen LogP contribution in [0.2, 0.25) is 0 Å². The van der Waals surface area contributed by atoms with E-state index in [9.17, 15) is 14.4 Å². The monoisotopic (exact) mass is 415 g/mol. The first kappa shape index (κ1) is 20.5. The lowest BCUT2D eigenvalue weighted by Crippen LogP contribution is -2.32. The van der Waals surface area contributed by atoms with Gasteiger partial charge >= 0.3 is 17.8 Å². The molecule has 0 spiro atoms. The molecule has 8 nitrogen and oxygen atoms in total. The molecule has 2 N–H and O–H groups in total. The van der Waals surface area contributed by atoms with Gasteiger partial charge in [-0.05, 0) is 48.9 Å². The van der Waals surface area contributed by atoms with Crippen molar-refractivity contribution in [3.05, 3.63) is 45.8 Å². The van der Waals surface area contributed by atoms with Gasteiger partial charge in [0.1, 0.15) is 10.8 Å². The molecule has 0 fully saturated rings. The molecule has 0 radical (unpaired) electrons. The molecule has 0 bridgehead atoms. The molecule has 29 heavy (non-hydrogen) atoms. The van der Waals surface area contributed by atoms with Gasteiger partial charge in [-0.2, -0.15) is 5.10 Å². The third kappa shape index (κ3) is 4.80. The summed E-state index contributed by atoms with van der Waals surface area (Å²) in [4.78, 5) is 37.6. The molecule has 1 aliphatic carbocycles. The predicted molar refractivity (Wildman–Crippen MR) is 110 cm³/mol. The Morgan fingerprint density at radius 2 is 1.93 bits per heavy atom. The molecule has 9 heteroatoms. The molecule has 0 unspecified atom stereocenters. The lowest BCUT2D eigenvalue weighted by atomic mass is 9.95. The van der Waals surface area contributed by atoms with Crippen molar-refractivity contribution in [2.75, 3.05) is 19.5 Å². The predicted octanol–water partition coefficient (Wildman–Crippen LogP) is 2.51. The van der Waals surface area contributed by atoms with Gasteiger partial charge in [-0.15, -0.1) is 11.3 Å². The molecule has 1 heterocycles. The molecular weight excluding hydrogens is 394 g/mol. The van der Waals surface area contributed by atoms with E-state index in [0.717, 1.165) is 36.1 Å². The number of nitrogens with zero attached hydrogens (tertiary/aromatic N) is 1. The Morgan fingerprint density at radius 3 is 2.69 bits per heavy atom. The van der Waals surface area contributed by atoms with Crippen molar-refractivity contribution in [3.8, 4) is 5.75 Å². The van der Waals surface area contributed by atoms with E-state index in [2.05, 4.69) is 15.8 Å². The van der Waals surface area contributed by atoms with Crippen LogP contribution in [0.1, 0.15) is 39.2 Å². The highest BCUT2D eigenvalue weighted by Gasteiger charge is 2.28. The zero-order chi connectivity index (χ0) is 20.8. The van der Waals surface area contributed by atoms with E-state index >= 15 is 0 Å². The Labute approximate surface area is 171 Å². The van der Waals surface area contributed by atoms with Crippen LogP contribution < -0.4 is 15.5 Å². The second-order valence-electron chi connectivity index (χ2n) is 6.34. The Morgan fingerprint density at radius 1 is 1.14 bits per heavy atom. The van der Waals surface area contributed by atoms with Gasteiger partial charge in [0.25, 0.3) is 0 Å². The molecule has 1 aliphatic rings. The van der Waals surface area contributed by atoms with Crippen molar-refractivity contribution in [1.29, 1.82) is 0 Å². The highest BCUT2D eigenvalue weighted by atomic mass is 32.1. The molecule has 3 rings (SSSR count). The van der Waals surface area contributed by atoms with Gasteiger partial charge in [0.05, 0.1) is 26.0 Å². The Balaban J connectivity index is 1.68. The number of thiophene rings is 1. The maximum Gasteiger partial charge on any atom is 0.341 e. The molecule has 1 aromatic heterocycles. The zero-order valence-electron chi connectivity index (χ0n) is 16.1. The fraction of sp³-hybridized carbons (Fsp3) is 0.300. The summed E-state index contributed by atoms with van der Waals surface area (Å²) in [5.41, 5.74) is 4.12. The van der Waals surface area contributed by atoms with Gasteiger partial charge in [0.2, 0.25) is 0 Å². The molecule has 1 aromatic carbocycles. The van der Waals surface area contributed by atoms with Crippen LogP contribution in [0.15, 0.2) is 29.4 Å². The van der Waals surface area contributed by atoms with E-state index in [0.29, 0.717) is 21.9 Å². The standard InChI is InChI=1S/C20H21N3O5S/c1-27-13-7-5-6-12(10-13)11-21-23-18(25)17(24)22-19-16(20(26)28-2)14-8-3-4-9-15(14)29-19/h5-7,10-11H,3-4,8-9H2,1-2H3,(H,22,24)(H,23,25). The number of hydrogen-bond acceptors (Lipinski definition) is 7. The van der Waals surface area contributed by atoms with E-state index in [-0.39, 0.29) is 0 Å². The average molecular weight is 415 g/mol. The van der Waals surface area contributed by atoms with Crippen LogP contribution in [0.5, 0.6) is 5.75 Å². The second-order valence-corrected chi connectivity index (χ2v) is 7.44. The van der Waals surface area contributed by atoms with E-state index in [1.54, 1.807) is 31.4 Å². The SMILES string of the molecule is COC(=O)c1c(NC(=O)C(=O)NN=Cc2cccc(OC)c2)sc2c1CCCC2. The van der Waals surface area contributed by atoms with Gasteiger partial charge in [-0.25, -0.2) is 10.2 Å². The minimum Gasteiger partial charge on any atom is -0.497 e. The van der Waals surface area contributed by atoms with E-state index in [1.807, 2.05) is 0 Å². The highest BCUT2D eigenvalue weighted by molar-refractivity contribution is 7.17. The Hall–Kier alpha value is -3.20. The molecule has 2 aromatic rings. The van der Waals surface area contributed by atoms with Crippen molar-refractivity contribution in [1.82, 2.24) is 5.43 Å².